The standard InChI is InChI=1S/C11H17N3O/c1-2-4-11(5-3-1)6-10(7-15-11)14-8-12-13-9-14/h8-10H,1-7H2/t10-/m0/s1. The number of rotatable bonds is 1. The highest BCUT2D eigenvalue weighted by Crippen LogP contribution is 2.42. The largest absolute Gasteiger partial charge is 0.373 e. The fourth-order valence-electron chi connectivity index (χ4n) is 2.95. The molecule has 0 amide bonds. The normalized spacial score (nSPS) is 29.7. The van der Waals surface area contributed by atoms with Gasteiger partial charge in [0.1, 0.15) is 12.7 Å². The topological polar surface area (TPSA) is 39.9 Å². The molecule has 1 spiro atoms. The first-order valence-corrected chi connectivity index (χ1v) is 5.86. The van der Waals surface area contributed by atoms with E-state index in [0.29, 0.717) is 6.04 Å². The van der Waals surface area contributed by atoms with Crippen molar-refractivity contribution >= 4 is 0 Å². The summed E-state index contributed by atoms with van der Waals surface area (Å²) in [7, 11) is 0. The molecule has 4 heteroatoms. The van der Waals surface area contributed by atoms with Crippen molar-refractivity contribution in [1.82, 2.24) is 14.8 Å². The minimum atomic E-state index is 0.188. The first-order chi connectivity index (χ1) is 7.38. The lowest BCUT2D eigenvalue weighted by Crippen LogP contribution is -2.30. The van der Waals surface area contributed by atoms with Crippen molar-refractivity contribution in [3.63, 3.8) is 0 Å². The van der Waals surface area contributed by atoms with Gasteiger partial charge in [-0.3, -0.25) is 0 Å². The van der Waals surface area contributed by atoms with E-state index in [2.05, 4.69) is 14.8 Å². The third-order valence-corrected chi connectivity index (χ3v) is 3.81. The number of nitrogens with zero attached hydrogens (tertiary/aromatic N) is 3. The highest BCUT2D eigenvalue weighted by Gasteiger charge is 2.41. The lowest BCUT2D eigenvalue weighted by molar-refractivity contribution is -0.0247. The van der Waals surface area contributed by atoms with Gasteiger partial charge in [0.05, 0.1) is 18.2 Å². The number of ether oxygens (including phenoxy) is 1. The lowest BCUT2D eigenvalue weighted by atomic mass is 9.82. The second kappa shape index (κ2) is 3.59. The minimum absolute atomic E-state index is 0.188. The monoisotopic (exact) mass is 207 g/mol. The van der Waals surface area contributed by atoms with Crippen molar-refractivity contribution in [2.45, 2.75) is 50.2 Å². The van der Waals surface area contributed by atoms with Gasteiger partial charge in [-0.1, -0.05) is 19.3 Å². The van der Waals surface area contributed by atoms with E-state index < -0.39 is 0 Å². The quantitative estimate of drug-likeness (QED) is 0.706. The van der Waals surface area contributed by atoms with Gasteiger partial charge in [0.15, 0.2) is 0 Å². The Morgan fingerprint density at radius 3 is 2.60 bits per heavy atom. The van der Waals surface area contributed by atoms with E-state index in [1.807, 2.05) is 0 Å². The molecule has 4 nitrogen and oxygen atoms in total. The second-order valence-electron chi connectivity index (χ2n) is 4.82. The van der Waals surface area contributed by atoms with Crippen LogP contribution in [0, 0.1) is 0 Å². The van der Waals surface area contributed by atoms with Crippen LogP contribution in [0.25, 0.3) is 0 Å². The summed E-state index contributed by atoms with van der Waals surface area (Å²) in [6, 6.07) is 0.457. The third-order valence-electron chi connectivity index (χ3n) is 3.81. The average molecular weight is 207 g/mol. The Bertz CT molecular complexity index is 317. The van der Waals surface area contributed by atoms with Crippen LogP contribution in [-0.4, -0.2) is 27.0 Å². The SMILES string of the molecule is c1nncn1[C@@H]1COC2(CCCCC2)C1. The summed E-state index contributed by atoms with van der Waals surface area (Å²) in [5.41, 5.74) is 0.188. The van der Waals surface area contributed by atoms with Crippen molar-refractivity contribution in [3.05, 3.63) is 12.7 Å². The Balaban J connectivity index is 1.72. The highest BCUT2D eigenvalue weighted by atomic mass is 16.5. The number of hydrogen-bond acceptors (Lipinski definition) is 3. The molecule has 15 heavy (non-hydrogen) atoms. The summed E-state index contributed by atoms with van der Waals surface area (Å²) in [5.74, 6) is 0. The van der Waals surface area contributed by atoms with Crippen LogP contribution in [0.1, 0.15) is 44.6 Å². The summed E-state index contributed by atoms with van der Waals surface area (Å²) in [6.07, 6.45) is 11.3. The van der Waals surface area contributed by atoms with E-state index >= 15 is 0 Å². The van der Waals surface area contributed by atoms with Crippen LogP contribution in [0.3, 0.4) is 0 Å². The maximum Gasteiger partial charge on any atom is 0.119 e. The van der Waals surface area contributed by atoms with Crippen LogP contribution >= 0.6 is 0 Å². The fourth-order valence-corrected chi connectivity index (χ4v) is 2.95. The number of hydrogen-bond donors (Lipinski definition) is 0. The van der Waals surface area contributed by atoms with Gasteiger partial charge in [-0.25, -0.2) is 0 Å². The van der Waals surface area contributed by atoms with Gasteiger partial charge < -0.3 is 9.30 Å². The zero-order chi connectivity index (χ0) is 10.1. The van der Waals surface area contributed by atoms with Gasteiger partial charge in [-0.2, -0.15) is 0 Å². The Hall–Kier alpha value is -0.900. The molecule has 2 aliphatic rings. The van der Waals surface area contributed by atoms with Gasteiger partial charge in [0.25, 0.3) is 0 Å². The Morgan fingerprint density at radius 2 is 1.87 bits per heavy atom. The molecule has 1 aromatic rings. The van der Waals surface area contributed by atoms with Gasteiger partial charge in [0.2, 0.25) is 0 Å². The molecule has 1 aliphatic heterocycles. The van der Waals surface area contributed by atoms with Crippen LogP contribution in [-0.2, 0) is 4.74 Å². The predicted octanol–water partition coefficient (Wildman–Crippen LogP) is 1.94. The smallest absolute Gasteiger partial charge is 0.119 e. The fraction of sp³-hybridized carbons (Fsp3) is 0.818. The average Bonchev–Trinajstić information content (AvgIpc) is 2.88. The van der Waals surface area contributed by atoms with E-state index in [9.17, 15) is 0 Å². The van der Waals surface area contributed by atoms with Crippen molar-refractivity contribution in [2.24, 2.45) is 0 Å². The molecule has 0 aromatic carbocycles. The zero-order valence-corrected chi connectivity index (χ0v) is 8.93. The van der Waals surface area contributed by atoms with Crippen molar-refractivity contribution in [3.8, 4) is 0 Å². The molecule has 3 rings (SSSR count). The van der Waals surface area contributed by atoms with Crippen molar-refractivity contribution in [2.75, 3.05) is 6.61 Å². The van der Waals surface area contributed by atoms with Gasteiger partial charge in [-0.15, -0.1) is 10.2 Å². The molecule has 1 aromatic heterocycles. The molecule has 1 aliphatic carbocycles. The first kappa shape index (κ1) is 9.33. The molecule has 0 unspecified atom stereocenters. The molecule has 82 valence electrons. The van der Waals surface area contributed by atoms with Crippen LogP contribution in [0.5, 0.6) is 0 Å². The molecular weight excluding hydrogens is 190 g/mol. The Labute approximate surface area is 89.6 Å². The molecule has 0 bridgehead atoms. The summed E-state index contributed by atoms with van der Waals surface area (Å²) < 4.78 is 8.13. The minimum Gasteiger partial charge on any atom is -0.373 e. The highest BCUT2D eigenvalue weighted by molar-refractivity contribution is 4.94. The molecule has 1 saturated carbocycles. The van der Waals surface area contributed by atoms with Crippen LogP contribution in [0.4, 0.5) is 0 Å². The van der Waals surface area contributed by atoms with Gasteiger partial charge >= 0.3 is 0 Å². The van der Waals surface area contributed by atoms with Crippen molar-refractivity contribution < 1.29 is 4.74 Å². The van der Waals surface area contributed by atoms with Crippen LogP contribution < -0.4 is 0 Å². The predicted molar refractivity (Wildman–Crippen MR) is 55.4 cm³/mol. The van der Waals surface area contributed by atoms with Crippen molar-refractivity contribution in [1.29, 1.82) is 0 Å². The molecule has 2 heterocycles. The molecule has 2 fully saturated rings. The number of aromatic nitrogens is 3. The molecule has 1 saturated heterocycles. The summed E-state index contributed by atoms with van der Waals surface area (Å²) >= 11 is 0. The first-order valence-electron chi connectivity index (χ1n) is 5.86. The molecule has 1 atom stereocenters. The molecule has 0 radical (unpaired) electrons. The summed E-state index contributed by atoms with van der Waals surface area (Å²) in [4.78, 5) is 0. The summed E-state index contributed by atoms with van der Waals surface area (Å²) in [5, 5.41) is 7.72. The lowest BCUT2D eigenvalue weighted by Gasteiger charge is -2.32. The van der Waals surface area contributed by atoms with Gasteiger partial charge in [0, 0.05) is 0 Å². The summed E-state index contributed by atoms with van der Waals surface area (Å²) in [6.45, 7) is 0.831. The van der Waals surface area contributed by atoms with E-state index in [1.54, 1.807) is 12.7 Å². The maximum absolute atomic E-state index is 6.04. The van der Waals surface area contributed by atoms with E-state index in [-0.39, 0.29) is 5.60 Å². The molecular formula is C11H17N3O. The van der Waals surface area contributed by atoms with E-state index in [4.69, 9.17) is 4.74 Å². The second-order valence-corrected chi connectivity index (χ2v) is 4.82. The van der Waals surface area contributed by atoms with E-state index in [0.717, 1.165) is 13.0 Å². The maximum atomic E-state index is 6.04. The zero-order valence-electron chi connectivity index (χ0n) is 8.93. The van der Waals surface area contributed by atoms with Crippen LogP contribution in [0.2, 0.25) is 0 Å². The third kappa shape index (κ3) is 1.67. The van der Waals surface area contributed by atoms with Crippen LogP contribution in [0.15, 0.2) is 12.7 Å². The van der Waals surface area contributed by atoms with Gasteiger partial charge in [-0.05, 0) is 19.3 Å². The molecule has 0 N–H and O–H groups in total. The van der Waals surface area contributed by atoms with E-state index in [1.165, 1.54) is 32.1 Å². The Morgan fingerprint density at radius 1 is 1.13 bits per heavy atom. The Kier molecular flexibility index (Phi) is 2.24.